The van der Waals surface area contributed by atoms with E-state index in [4.69, 9.17) is 0 Å². The van der Waals surface area contributed by atoms with Crippen LogP contribution in [0.25, 0.3) is 10.4 Å². The summed E-state index contributed by atoms with van der Waals surface area (Å²) in [5.74, 6) is -0.0726. The van der Waals surface area contributed by atoms with Gasteiger partial charge in [0.2, 0.25) is 5.91 Å². The van der Waals surface area contributed by atoms with E-state index in [0.717, 1.165) is 24.2 Å². The number of thiazole rings is 1. The summed E-state index contributed by atoms with van der Waals surface area (Å²) in [6.07, 6.45) is 1.95. The van der Waals surface area contributed by atoms with Crippen LogP contribution >= 0.6 is 11.3 Å². The number of amides is 1. The summed E-state index contributed by atoms with van der Waals surface area (Å²) in [6.45, 7) is 5.78. The number of aromatic nitrogens is 1. The van der Waals surface area contributed by atoms with Gasteiger partial charge in [-0.25, -0.2) is 4.98 Å². The van der Waals surface area contributed by atoms with Gasteiger partial charge in [-0.05, 0) is 49.9 Å². The Labute approximate surface area is 128 Å². The van der Waals surface area contributed by atoms with Crippen molar-refractivity contribution in [3.05, 3.63) is 29.5 Å². The number of nitrogens with zero attached hydrogens (tertiary/aromatic N) is 1. The van der Waals surface area contributed by atoms with E-state index < -0.39 is 0 Å². The van der Waals surface area contributed by atoms with E-state index >= 15 is 0 Å². The van der Waals surface area contributed by atoms with Gasteiger partial charge < -0.3 is 10.6 Å². The lowest BCUT2D eigenvalue weighted by Crippen LogP contribution is -2.10. The van der Waals surface area contributed by atoms with Crippen molar-refractivity contribution in [2.24, 2.45) is 0 Å². The molecule has 1 aromatic heterocycles. The fourth-order valence-corrected chi connectivity index (χ4v) is 3.73. The Morgan fingerprint density at radius 2 is 2.14 bits per heavy atom. The van der Waals surface area contributed by atoms with Crippen LogP contribution in [-0.4, -0.2) is 16.9 Å². The summed E-state index contributed by atoms with van der Waals surface area (Å²) in [6, 6.07) is 6.94. The lowest BCUT2D eigenvalue weighted by molar-refractivity contribution is -0.114. The zero-order chi connectivity index (χ0) is 15.0. The van der Waals surface area contributed by atoms with Crippen LogP contribution in [0.1, 0.15) is 32.0 Å². The van der Waals surface area contributed by atoms with E-state index in [1.54, 1.807) is 11.3 Å². The average Bonchev–Trinajstić information content (AvgIpc) is 2.79. The highest BCUT2D eigenvalue weighted by molar-refractivity contribution is 7.19. The molecule has 21 heavy (non-hydrogen) atoms. The molecular formula is C16H19N3OS. The summed E-state index contributed by atoms with van der Waals surface area (Å²) < 4.78 is 0. The van der Waals surface area contributed by atoms with Crippen LogP contribution in [0.3, 0.4) is 0 Å². The van der Waals surface area contributed by atoms with Crippen LogP contribution in [0, 0.1) is 0 Å². The van der Waals surface area contributed by atoms with Gasteiger partial charge in [0.05, 0.1) is 10.6 Å². The fourth-order valence-electron chi connectivity index (χ4n) is 2.62. The standard InChI is InChI=1S/C16H19N3OS/c1-9(2)17-12-6-4-11-5-7-14-15(13(11)8-12)21-16(19-14)18-10(3)20/h4,6,8-9,17H,5,7H2,1-3H3,(H,18,19,20). The minimum Gasteiger partial charge on any atom is -0.383 e. The Morgan fingerprint density at radius 1 is 1.33 bits per heavy atom. The van der Waals surface area contributed by atoms with E-state index in [1.807, 2.05) is 0 Å². The molecule has 110 valence electrons. The molecule has 1 aliphatic carbocycles. The molecule has 0 atom stereocenters. The van der Waals surface area contributed by atoms with Gasteiger partial charge in [-0.15, -0.1) is 0 Å². The topological polar surface area (TPSA) is 54.0 Å². The lowest BCUT2D eigenvalue weighted by atomic mass is 9.93. The second-order valence-electron chi connectivity index (χ2n) is 5.65. The number of fused-ring (bicyclic) bond motifs is 3. The fraction of sp³-hybridized carbons (Fsp3) is 0.375. The SMILES string of the molecule is CC(=O)Nc1nc2c(s1)-c1cc(NC(C)C)ccc1CC2. The maximum atomic E-state index is 11.2. The van der Waals surface area contributed by atoms with Gasteiger partial charge in [0.15, 0.2) is 5.13 Å². The normalized spacial score (nSPS) is 12.8. The van der Waals surface area contributed by atoms with Crippen LogP contribution in [0.5, 0.6) is 0 Å². The van der Waals surface area contributed by atoms with Crippen molar-refractivity contribution in [2.75, 3.05) is 10.6 Å². The first-order valence-electron chi connectivity index (χ1n) is 7.20. The van der Waals surface area contributed by atoms with Crippen molar-refractivity contribution < 1.29 is 4.79 Å². The molecule has 1 aliphatic rings. The Morgan fingerprint density at radius 3 is 2.86 bits per heavy atom. The summed E-state index contributed by atoms with van der Waals surface area (Å²) in [7, 11) is 0. The van der Waals surface area contributed by atoms with Gasteiger partial charge in [-0.1, -0.05) is 17.4 Å². The van der Waals surface area contributed by atoms with Crippen molar-refractivity contribution in [3.8, 4) is 10.4 Å². The van der Waals surface area contributed by atoms with E-state index in [2.05, 4.69) is 47.7 Å². The Bertz CT molecular complexity index is 691. The zero-order valence-electron chi connectivity index (χ0n) is 12.5. The predicted molar refractivity (Wildman–Crippen MR) is 88.0 cm³/mol. The van der Waals surface area contributed by atoms with Gasteiger partial charge in [0.1, 0.15) is 0 Å². The lowest BCUT2D eigenvalue weighted by Gasteiger charge is -2.18. The molecule has 1 aromatic carbocycles. The summed E-state index contributed by atoms with van der Waals surface area (Å²) in [4.78, 5) is 16.9. The molecule has 0 bridgehead atoms. The number of carbonyl (C=O) groups is 1. The van der Waals surface area contributed by atoms with E-state index in [0.29, 0.717) is 11.2 Å². The summed E-state index contributed by atoms with van der Waals surface area (Å²) in [5.41, 5.74) is 4.83. The number of anilines is 2. The second kappa shape index (κ2) is 5.48. The van der Waals surface area contributed by atoms with Crippen LogP contribution < -0.4 is 10.6 Å². The first kappa shape index (κ1) is 14.1. The number of rotatable bonds is 3. The van der Waals surface area contributed by atoms with Gasteiger partial charge in [-0.3, -0.25) is 4.79 Å². The van der Waals surface area contributed by atoms with Crippen molar-refractivity contribution in [1.29, 1.82) is 0 Å². The number of hydrogen-bond donors (Lipinski definition) is 2. The third-order valence-electron chi connectivity index (χ3n) is 3.42. The summed E-state index contributed by atoms with van der Waals surface area (Å²) >= 11 is 1.56. The molecule has 0 unspecified atom stereocenters. The molecule has 0 fully saturated rings. The number of aryl methyl sites for hydroxylation is 2. The number of nitrogens with one attached hydrogen (secondary N) is 2. The van der Waals surface area contributed by atoms with E-state index in [1.165, 1.54) is 22.9 Å². The predicted octanol–water partition coefficient (Wildman–Crippen LogP) is 3.69. The zero-order valence-corrected chi connectivity index (χ0v) is 13.3. The average molecular weight is 301 g/mol. The molecule has 2 N–H and O–H groups in total. The third-order valence-corrected chi connectivity index (χ3v) is 4.47. The number of hydrogen-bond acceptors (Lipinski definition) is 4. The van der Waals surface area contributed by atoms with Crippen LogP contribution in [0.4, 0.5) is 10.8 Å². The molecular weight excluding hydrogens is 282 g/mol. The third kappa shape index (κ3) is 2.93. The maximum Gasteiger partial charge on any atom is 0.223 e. The number of benzene rings is 1. The molecule has 1 heterocycles. The maximum absolute atomic E-state index is 11.2. The summed E-state index contributed by atoms with van der Waals surface area (Å²) in [5, 5.41) is 6.93. The Kier molecular flexibility index (Phi) is 3.68. The minimum atomic E-state index is -0.0726. The Hall–Kier alpha value is -1.88. The number of carbonyl (C=O) groups excluding carboxylic acids is 1. The molecule has 3 rings (SSSR count). The molecule has 4 nitrogen and oxygen atoms in total. The van der Waals surface area contributed by atoms with Crippen LogP contribution in [0.15, 0.2) is 18.2 Å². The molecule has 0 spiro atoms. The quantitative estimate of drug-likeness (QED) is 0.909. The van der Waals surface area contributed by atoms with Crippen molar-refractivity contribution >= 4 is 28.1 Å². The molecule has 1 amide bonds. The van der Waals surface area contributed by atoms with E-state index in [9.17, 15) is 4.79 Å². The van der Waals surface area contributed by atoms with Gasteiger partial charge >= 0.3 is 0 Å². The molecule has 0 radical (unpaired) electrons. The molecule has 5 heteroatoms. The van der Waals surface area contributed by atoms with Crippen molar-refractivity contribution in [2.45, 2.75) is 39.7 Å². The highest BCUT2D eigenvalue weighted by Gasteiger charge is 2.21. The smallest absolute Gasteiger partial charge is 0.223 e. The largest absolute Gasteiger partial charge is 0.383 e. The van der Waals surface area contributed by atoms with Crippen molar-refractivity contribution in [1.82, 2.24) is 4.98 Å². The molecule has 0 aliphatic heterocycles. The van der Waals surface area contributed by atoms with Crippen LogP contribution in [0.2, 0.25) is 0 Å². The van der Waals surface area contributed by atoms with Gasteiger partial charge in [0.25, 0.3) is 0 Å². The highest BCUT2D eigenvalue weighted by atomic mass is 32.1. The monoisotopic (exact) mass is 301 g/mol. The highest BCUT2D eigenvalue weighted by Crippen LogP contribution is 2.40. The van der Waals surface area contributed by atoms with Gasteiger partial charge in [0, 0.05) is 18.7 Å². The van der Waals surface area contributed by atoms with Crippen molar-refractivity contribution in [3.63, 3.8) is 0 Å². The minimum absolute atomic E-state index is 0.0726. The molecule has 0 saturated carbocycles. The van der Waals surface area contributed by atoms with Crippen LogP contribution in [-0.2, 0) is 17.6 Å². The second-order valence-corrected chi connectivity index (χ2v) is 6.65. The molecule has 2 aromatic rings. The van der Waals surface area contributed by atoms with E-state index in [-0.39, 0.29) is 5.91 Å². The molecule has 0 saturated heterocycles. The van der Waals surface area contributed by atoms with Gasteiger partial charge in [-0.2, -0.15) is 0 Å². The first-order chi connectivity index (χ1) is 10.0. The first-order valence-corrected chi connectivity index (χ1v) is 8.01. The Balaban J connectivity index is 1.99.